The predicted octanol–water partition coefficient (Wildman–Crippen LogP) is -0.299. The molecule has 0 atom stereocenters. The lowest BCUT2D eigenvalue weighted by molar-refractivity contribution is 0.0486. The second-order valence-corrected chi connectivity index (χ2v) is 5.56. The Kier molecular flexibility index (Phi) is 3.19. The molecule has 0 saturated carbocycles. The summed E-state index contributed by atoms with van der Waals surface area (Å²) < 4.78 is 0. The lowest BCUT2D eigenvalue weighted by Gasteiger charge is -2.48. The number of carbonyl (C=O) groups excluding carboxylic acids is 1. The third-order valence-electron chi connectivity index (χ3n) is 3.52. The van der Waals surface area contributed by atoms with Gasteiger partial charge in [0.2, 0.25) is 0 Å². The van der Waals surface area contributed by atoms with Gasteiger partial charge in [0.1, 0.15) is 5.69 Å². The van der Waals surface area contributed by atoms with Crippen LogP contribution >= 0.6 is 11.3 Å². The first-order valence-electron chi connectivity index (χ1n) is 5.92. The van der Waals surface area contributed by atoms with Gasteiger partial charge in [0, 0.05) is 49.7 Å². The number of carbonyl (C=O) groups is 1. The zero-order chi connectivity index (χ0) is 11.7. The van der Waals surface area contributed by atoms with Crippen molar-refractivity contribution < 1.29 is 4.79 Å². The fourth-order valence-corrected chi connectivity index (χ4v) is 2.90. The van der Waals surface area contributed by atoms with Crippen molar-refractivity contribution in [1.29, 1.82) is 0 Å². The fourth-order valence-electron chi connectivity index (χ4n) is 2.22. The van der Waals surface area contributed by atoms with Gasteiger partial charge in [0.25, 0.3) is 0 Å². The van der Waals surface area contributed by atoms with Gasteiger partial charge >= 0.3 is 0 Å². The highest BCUT2D eigenvalue weighted by molar-refractivity contribution is 7.09. The molecule has 17 heavy (non-hydrogen) atoms. The topological polar surface area (TPSA) is 57.3 Å². The van der Waals surface area contributed by atoms with Crippen molar-refractivity contribution >= 4 is 17.6 Å². The van der Waals surface area contributed by atoms with Crippen molar-refractivity contribution in [3.8, 4) is 0 Å². The highest BCUT2D eigenvalue weighted by atomic mass is 32.1. The van der Waals surface area contributed by atoms with Gasteiger partial charge in [0.15, 0.2) is 6.29 Å². The molecule has 2 saturated heterocycles. The zero-order valence-electron chi connectivity index (χ0n) is 9.56. The summed E-state index contributed by atoms with van der Waals surface area (Å²) in [4.78, 5) is 18.3. The molecule has 0 bridgehead atoms. The molecule has 92 valence electrons. The molecule has 0 radical (unpaired) electrons. The van der Waals surface area contributed by atoms with Crippen LogP contribution in [0.4, 0.5) is 0 Å². The van der Waals surface area contributed by atoms with Crippen LogP contribution < -0.4 is 10.6 Å². The highest BCUT2D eigenvalue weighted by Crippen LogP contribution is 2.17. The van der Waals surface area contributed by atoms with Crippen LogP contribution in [0.5, 0.6) is 0 Å². The molecule has 0 aliphatic carbocycles. The van der Waals surface area contributed by atoms with E-state index in [2.05, 4.69) is 20.5 Å². The summed E-state index contributed by atoms with van der Waals surface area (Å²) in [5.41, 5.74) is 2.32. The van der Waals surface area contributed by atoms with E-state index in [1.807, 2.05) is 0 Å². The Labute approximate surface area is 104 Å². The maximum absolute atomic E-state index is 10.7. The number of likely N-dealkylation sites (tertiary alicyclic amines) is 1. The molecule has 2 fully saturated rings. The molecule has 2 aliphatic rings. The lowest BCUT2D eigenvalue weighted by Crippen LogP contribution is -2.68. The van der Waals surface area contributed by atoms with Gasteiger partial charge in [-0.2, -0.15) is 0 Å². The summed E-state index contributed by atoms with van der Waals surface area (Å²) in [6.07, 6.45) is 0.834. The summed E-state index contributed by atoms with van der Waals surface area (Å²) in [6, 6.07) is 1.32. The third-order valence-corrected chi connectivity index (χ3v) is 4.37. The van der Waals surface area contributed by atoms with Crippen molar-refractivity contribution in [2.75, 3.05) is 26.2 Å². The van der Waals surface area contributed by atoms with E-state index in [9.17, 15) is 4.79 Å². The standard InChI is InChI=1S/C11H16N4OS/c16-6-10-11(17-7-14-10)3-13-8-4-15(5-8)9-1-12-2-9/h6-9,12-13H,1-5H2. The molecule has 0 amide bonds. The first-order valence-corrected chi connectivity index (χ1v) is 6.80. The molecule has 1 aromatic heterocycles. The maximum Gasteiger partial charge on any atom is 0.169 e. The highest BCUT2D eigenvalue weighted by Gasteiger charge is 2.34. The molecular weight excluding hydrogens is 236 g/mol. The average molecular weight is 252 g/mol. The second-order valence-electron chi connectivity index (χ2n) is 4.62. The number of aromatic nitrogens is 1. The van der Waals surface area contributed by atoms with E-state index in [4.69, 9.17) is 0 Å². The Hall–Kier alpha value is -0.820. The smallest absolute Gasteiger partial charge is 0.169 e. The summed E-state index contributed by atoms with van der Waals surface area (Å²) in [6.45, 7) is 5.29. The predicted molar refractivity (Wildman–Crippen MR) is 66.4 cm³/mol. The van der Waals surface area contributed by atoms with Crippen LogP contribution in [0.25, 0.3) is 0 Å². The van der Waals surface area contributed by atoms with Gasteiger partial charge in [0.05, 0.1) is 5.51 Å². The van der Waals surface area contributed by atoms with Crippen molar-refractivity contribution in [2.24, 2.45) is 0 Å². The quantitative estimate of drug-likeness (QED) is 0.705. The van der Waals surface area contributed by atoms with Crippen molar-refractivity contribution in [3.63, 3.8) is 0 Å². The van der Waals surface area contributed by atoms with Crippen LogP contribution in [0.15, 0.2) is 5.51 Å². The molecule has 0 spiro atoms. The van der Waals surface area contributed by atoms with E-state index in [1.165, 1.54) is 0 Å². The lowest BCUT2D eigenvalue weighted by atomic mass is 10.0. The van der Waals surface area contributed by atoms with Crippen LogP contribution in [0.1, 0.15) is 15.4 Å². The van der Waals surface area contributed by atoms with E-state index in [1.54, 1.807) is 16.8 Å². The monoisotopic (exact) mass is 252 g/mol. The molecule has 0 unspecified atom stereocenters. The van der Waals surface area contributed by atoms with Gasteiger partial charge in [-0.3, -0.25) is 9.69 Å². The van der Waals surface area contributed by atoms with E-state index in [0.29, 0.717) is 11.7 Å². The second kappa shape index (κ2) is 4.81. The van der Waals surface area contributed by atoms with Crippen LogP contribution in [0, 0.1) is 0 Å². The van der Waals surface area contributed by atoms with Crippen molar-refractivity contribution in [3.05, 3.63) is 16.1 Å². The van der Waals surface area contributed by atoms with Crippen molar-refractivity contribution in [2.45, 2.75) is 18.6 Å². The van der Waals surface area contributed by atoms with Gasteiger partial charge in [-0.15, -0.1) is 11.3 Å². The average Bonchev–Trinajstić information content (AvgIpc) is 2.65. The Morgan fingerprint density at radius 1 is 1.59 bits per heavy atom. The van der Waals surface area contributed by atoms with Gasteiger partial charge < -0.3 is 10.6 Å². The number of hydrogen-bond acceptors (Lipinski definition) is 6. The number of rotatable bonds is 5. The van der Waals surface area contributed by atoms with E-state index >= 15 is 0 Å². The Bertz CT molecular complexity index is 398. The summed E-state index contributed by atoms with van der Waals surface area (Å²) in [5, 5.41) is 6.77. The van der Waals surface area contributed by atoms with Crippen LogP contribution in [-0.2, 0) is 6.54 Å². The first-order chi connectivity index (χ1) is 8.36. The van der Waals surface area contributed by atoms with Gasteiger partial charge in [-0.1, -0.05) is 0 Å². The molecule has 0 aromatic carbocycles. The van der Waals surface area contributed by atoms with Gasteiger partial charge in [-0.25, -0.2) is 4.98 Å². The molecule has 5 nitrogen and oxygen atoms in total. The SMILES string of the molecule is O=Cc1ncsc1CNC1CN(C2CNC2)C1. The minimum Gasteiger partial charge on any atom is -0.314 e. The number of nitrogens with one attached hydrogen (secondary N) is 2. The Morgan fingerprint density at radius 3 is 3.06 bits per heavy atom. The number of hydrogen-bond donors (Lipinski definition) is 2. The summed E-state index contributed by atoms with van der Waals surface area (Å²) in [5.74, 6) is 0. The van der Waals surface area contributed by atoms with E-state index in [0.717, 1.165) is 49.9 Å². The minimum absolute atomic E-state index is 0.567. The summed E-state index contributed by atoms with van der Waals surface area (Å²) in [7, 11) is 0. The zero-order valence-corrected chi connectivity index (χ0v) is 10.4. The minimum atomic E-state index is 0.567. The molecule has 3 heterocycles. The largest absolute Gasteiger partial charge is 0.314 e. The van der Waals surface area contributed by atoms with Crippen LogP contribution in [-0.4, -0.2) is 54.4 Å². The van der Waals surface area contributed by atoms with E-state index in [-0.39, 0.29) is 0 Å². The Morgan fingerprint density at radius 2 is 2.41 bits per heavy atom. The normalized spacial score (nSPS) is 22.1. The Balaban J connectivity index is 1.42. The maximum atomic E-state index is 10.7. The van der Waals surface area contributed by atoms with Crippen molar-refractivity contribution in [1.82, 2.24) is 20.5 Å². The fraction of sp³-hybridized carbons (Fsp3) is 0.636. The molecular formula is C11H16N4OS. The van der Waals surface area contributed by atoms with Gasteiger partial charge in [-0.05, 0) is 0 Å². The first kappa shape index (κ1) is 11.3. The summed E-state index contributed by atoms with van der Waals surface area (Å²) >= 11 is 1.55. The molecule has 6 heteroatoms. The van der Waals surface area contributed by atoms with Crippen LogP contribution in [0.3, 0.4) is 0 Å². The number of aldehydes is 1. The molecule has 2 aliphatic heterocycles. The van der Waals surface area contributed by atoms with E-state index < -0.39 is 0 Å². The molecule has 1 aromatic rings. The van der Waals surface area contributed by atoms with Crippen LogP contribution in [0.2, 0.25) is 0 Å². The number of nitrogens with zero attached hydrogens (tertiary/aromatic N) is 2. The molecule has 3 rings (SSSR count). The molecule has 2 N–H and O–H groups in total. The third kappa shape index (κ3) is 2.26. The number of thiazole rings is 1.